The molecule has 4 N–H and O–H groups in total. The van der Waals surface area contributed by atoms with E-state index in [0.717, 1.165) is 0 Å². The zero-order valence-electron chi connectivity index (χ0n) is 8.90. The van der Waals surface area contributed by atoms with Crippen molar-refractivity contribution in [3.05, 3.63) is 22.3 Å². The summed E-state index contributed by atoms with van der Waals surface area (Å²) in [7, 11) is 1.51. The second-order valence-corrected chi connectivity index (χ2v) is 4.15. The highest BCUT2D eigenvalue weighted by Gasteiger charge is 2.17. The number of fused-ring (bicyclic) bond motifs is 1. The maximum Gasteiger partial charge on any atom is 0.271 e. The van der Waals surface area contributed by atoms with Crippen LogP contribution in [0.25, 0.3) is 10.9 Å². The summed E-state index contributed by atoms with van der Waals surface area (Å²) in [5, 5.41) is 8.14. The molecule has 1 aromatic heterocycles. The molecular formula is C10H9BrN4O2. The standard InChI is InChI=1S/C10H9BrN4O2/c1-17-5-3-2-4(11)8-6(5)7(12)9(10(13)16)15-14-8/h2-3H,1H3,(H2,12,14)(H2,13,16). The van der Waals surface area contributed by atoms with E-state index in [1.807, 2.05) is 0 Å². The van der Waals surface area contributed by atoms with Gasteiger partial charge in [-0.2, -0.15) is 0 Å². The molecule has 0 atom stereocenters. The molecule has 0 saturated carbocycles. The summed E-state index contributed by atoms with van der Waals surface area (Å²) in [5.74, 6) is -0.211. The molecule has 0 unspecified atom stereocenters. The van der Waals surface area contributed by atoms with Crippen molar-refractivity contribution in [3.8, 4) is 5.75 Å². The second-order valence-electron chi connectivity index (χ2n) is 3.30. The van der Waals surface area contributed by atoms with Gasteiger partial charge in [0.05, 0.1) is 18.2 Å². The minimum absolute atomic E-state index is 0.0612. The van der Waals surface area contributed by atoms with E-state index in [9.17, 15) is 4.79 Å². The maximum atomic E-state index is 11.1. The summed E-state index contributed by atoms with van der Waals surface area (Å²) in [6.45, 7) is 0. The number of nitrogens with zero attached hydrogens (tertiary/aromatic N) is 2. The number of carbonyl (C=O) groups excluding carboxylic acids is 1. The number of nitrogen functional groups attached to an aromatic ring is 1. The van der Waals surface area contributed by atoms with Crippen LogP contribution in [0.4, 0.5) is 5.69 Å². The van der Waals surface area contributed by atoms with E-state index >= 15 is 0 Å². The Balaban J connectivity index is 2.92. The predicted octanol–water partition coefficient (Wildman–Crippen LogP) is 1.08. The number of ether oxygens (including phenoxy) is 1. The molecule has 0 bridgehead atoms. The van der Waals surface area contributed by atoms with E-state index in [4.69, 9.17) is 16.2 Å². The number of rotatable bonds is 2. The van der Waals surface area contributed by atoms with Crippen LogP contribution in [0.2, 0.25) is 0 Å². The van der Waals surface area contributed by atoms with Crippen molar-refractivity contribution in [1.29, 1.82) is 0 Å². The van der Waals surface area contributed by atoms with Crippen LogP contribution in [0.5, 0.6) is 5.75 Å². The van der Waals surface area contributed by atoms with E-state index in [2.05, 4.69) is 26.1 Å². The van der Waals surface area contributed by atoms with Crippen LogP contribution in [-0.2, 0) is 0 Å². The number of hydrogen-bond acceptors (Lipinski definition) is 5. The van der Waals surface area contributed by atoms with Gasteiger partial charge in [-0.05, 0) is 28.1 Å². The third-order valence-corrected chi connectivity index (χ3v) is 2.96. The monoisotopic (exact) mass is 296 g/mol. The topological polar surface area (TPSA) is 104 Å². The van der Waals surface area contributed by atoms with E-state index in [1.54, 1.807) is 12.1 Å². The lowest BCUT2D eigenvalue weighted by molar-refractivity contribution is 0.0996. The van der Waals surface area contributed by atoms with Gasteiger partial charge < -0.3 is 16.2 Å². The number of benzene rings is 1. The summed E-state index contributed by atoms with van der Waals surface area (Å²) in [6.07, 6.45) is 0. The summed E-state index contributed by atoms with van der Waals surface area (Å²) >= 11 is 3.33. The third kappa shape index (κ3) is 1.78. The molecule has 1 heterocycles. The van der Waals surface area contributed by atoms with Crippen LogP contribution < -0.4 is 16.2 Å². The first-order chi connectivity index (χ1) is 8.06. The first kappa shape index (κ1) is 11.6. The normalized spacial score (nSPS) is 10.5. The summed E-state index contributed by atoms with van der Waals surface area (Å²) in [5.41, 5.74) is 11.6. The number of hydrogen-bond donors (Lipinski definition) is 2. The zero-order valence-corrected chi connectivity index (χ0v) is 10.5. The van der Waals surface area contributed by atoms with Gasteiger partial charge in [-0.3, -0.25) is 4.79 Å². The van der Waals surface area contributed by atoms with Gasteiger partial charge in [-0.1, -0.05) is 0 Å². The zero-order chi connectivity index (χ0) is 12.6. The summed E-state index contributed by atoms with van der Waals surface area (Å²) in [6, 6.07) is 3.48. The molecule has 2 aromatic rings. The minimum atomic E-state index is -0.723. The van der Waals surface area contributed by atoms with Crippen molar-refractivity contribution in [1.82, 2.24) is 10.2 Å². The Morgan fingerprint density at radius 3 is 2.71 bits per heavy atom. The van der Waals surface area contributed by atoms with Crippen LogP contribution in [0, 0.1) is 0 Å². The Morgan fingerprint density at radius 2 is 2.12 bits per heavy atom. The SMILES string of the molecule is COc1ccc(Br)c2nnc(C(N)=O)c(N)c12. The maximum absolute atomic E-state index is 11.1. The van der Waals surface area contributed by atoms with Gasteiger partial charge in [0.15, 0.2) is 5.69 Å². The van der Waals surface area contributed by atoms with Crippen LogP contribution >= 0.6 is 15.9 Å². The Hall–Kier alpha value is -1.89. The lowest BCUT2D eigenvalue weighted by Gasteiger charge is -2.09. The van der Waals surface area contributed by atoms with Crippen molar-refractivity contribution < 1.29 is 9.53 Å². The Morgan fingerprint density at radius 1 is 1.41 bits per heavy atom. The molecule has 7 heteroatoms. The quantitative estimate of drug-likeness (QED) is 0.863. The molecule has 1 amide bonds. The molecule has 88 valence electrons. The highest BCUT2D eigenvalue weighted by molar-refractivity contribution is 9.10. The number of anilines is 1. The highest BCUT2D eigenvalue weighted by atomic mass is 79.9. The van der Waals surface area contributed by atoms with Gasteiger partial charge in [0, 0.05) is 4.47 Å². The molecule has 0 spiro atoms. The van der Waals surface area contributed by atoms with Gasteiger partial charge in [0.1, 0.15) is 11.3 Å². The fraction of sp³-hybridized carbons (Fsp3) is 0.100. The number of amides is 1. The molecule has 0 aliphatic heterocycles. The fourth-order valence-electron chi connectivity index (χ4n) is 1.53. The van der Waals surface area contributed by atoms with E-state index in [-0.39, 0.29) is 11.4 Å². The molecular weight excluding hydrogens is 288 g/mol. The second kappa shape index (κ2) is 4.17. The summed E-state index contributed by atoms with van der Waals surface area (Å²) in [4.78, 5) is 11.1. The van der Waals surface area contributed by atoms with Crippen molar-refractivity contribution in [3.63, 3.8) is 0 Å². The smallest absolute Gasteiger partial charge is 0.271 e. The molecule has 17 heavy (non-hydrogen) atoms. The van der Waals surface area contributed by atoms with Crippen LogP contribution in [0.3, 0.4) is 0 Å². The molecule has 0 aliphatic carbocycles. The van der Waals surface area contributed by atoms with Crippen molar-refractivity contribution in [2.24, 2.45) is 5.73 Å². The van der Waals surface area contributed by atoms with Crippen molar-refractivity contribution in [2.75, 3.05) is 12.8 Å². The highest BCUT2D eigenvalue weighted by Crippen LogP contribution is 2.34. The summed E-state index contributed by atoms with van der Waals surface area (Å²) < 4.78 is 5.89. The molecule has 1 aromatic carbocycles. The largest absolute Gasteiger partial charge is 0.496 e. The lowest BCUT2D eigenvalue weighted by Crippen LogP contribution is -2.17. The molecule has 2 rings (SSSR count). The van der Waals surface area contributed by atoms with E-state index in [0.29, 0.717) is 21.1 Å². The number of primary amides is 1. The van der Waals surface area contributed by atoms with Crippen LogP contribution in [0.15, 0.2) is 16.6 Å². The molecule has 0 aliphatic rings. The van der Waals surface area contributed by atoms with Gasteiger partial charge in [0.25, 0.3) is 5.91 Å². The molecule has 0 saturated heterocycles. The first-order valence-electron chi connectivity index (χ1n) is 4.64. The van der Waals surface area contributed by atoms with Gasteiger partial charge in [-0.15, -0.1) is 10.2 Å². The van der Waals surface area contributed by atoms with Crippen LogP contribution in [0.1, 0.15) is 10.5 Å². The molecule has 0 radical (unpaired) electrons. The number of carbonyl (C=O) groups is 1. The van der Waals surface area contributed by atoms with E-state index < -0.39 is 5.91 Å². The Labute approximate surface area is 105 Å². The molecule has 0 fully saturated rings. The first-order valence-corrected chi connectivity index (χ1v) is 5.43. The van der Waals surface area contributed by atoms with Gasteiger partial charge in [0.2, 0.25) is 0 Å². The number of halogens is 1. The van der Waals surface area contributed by atoms with Crippen LogP contribution in [-0.4, -0.2) is 23.2 Å². The van der Waals surface area contributed by atoms with Crippen molar-refractivity contribution >= 4 is 38.4 Å². The van der Waals surface area contributed by atoms with Crippen molar-refractivity contribution in [2.45, 2.75) is 0 Å². The average molecular weight is 297 g/mol. The Bertz CT molecular complexity index is 615. The third-order valence-electron chi connectivity index (χ3n) is 2.32. The number of methoxy groups -OCH3 is 1. The number of nitrogens with two attached hydrogens (primary N) is 2. The predicted molar refractivity (Wildman–Crippen MR) is 66.7 cm³/mol. The minimum Gasteiger partial charge on any atom is -0.496 e. The average Bonchev–Trinajstić information content (AvgIpc) is 2.30. The lowest BCUT2D eigenvalue weighted by atomic mass is 10.1. The number of aromatic nitrogens is 2. The Kier molecular flexibility index (Phi) is 2.84. The van der Waals surface area contributed by atoms with Gasteiger partial charge in [-0.25, -0.2) is 0 Å². The fourth-order valence-corrected chi connectivity index (χ4v) is 1.94. The van der Waals surface area contributed by atoms with Gasteiger partial charge >= 0.3 is 0 Å². The molecule has 6 nitrogen and oxygen atoms in total. The van der Waals surface area contributed by atoms with E-state index in [1.165, 1.54) is 7.11 Å².